The molecule has 3 aromatic rings. The number of rotatable bonds is 9. The second-order valence-electron chi connectivity index (χ2n) is 8.70. The van der Waals surface area contributed by atoms with E-state index in [4.69, 9.17) is 16.7 Å². The molecule has 3 N–H and O–H groups in total. The molecule has 2 heterocycles. The van der Waals surface area contributed by atoms with E-state index in [1.54, 1.807) is 18.2 Å². The summed E-state index contributed by atoms with van der Waals surface area (Å²) in [6.07, 6.45) is -3.99. The smallest absolute Gasteiger partial charge is 0.364 e. The molecular weight excluding hydrogens is 556 g/mol. The number of carbonyl (C=O) groups is 1. The molecule has 0 unspecified atom stereocenters. The number of hydrogen-bond donors (Lipinski definition) is 2. The van der Waals surface area contributed by atoms with Crippen LogP contribution in [0.2, 0.25) is 5.02 Å². The molecule has 0 saturated heterocycles. The average molecular weight is 577 g/mol. The number of nitrogens with one attached hydrogen (secondary N) is 1. The largest absolute Gasteiger partial charge is 0.433 e. The van der Waals surface area contributed by atoms with Gasteiger partial charge in [-0.25, -0.2) is 19.5 Å². The van der Waals surface area contributed by atoms with Crippen LogP contribution in [0.15, 0.2) is 42.9 Å². The molecule has 1 aliphatic carbocycles. The number of alkyl halides is 4. The van der Waals surface area contributed by atoms with E-state index in [0.717, 1.165) is 12.5 Å². The standard InChI is InChI=1S/C22H21ClF4N6O4S/c23-14-3-1-2-12(4-14)9-33-19(22(25,26)27)7-18(32-33)20(34)15-8-29-11-30-21(15)31-17-6-13(5-16(17)24)10-37-38(28,35)36/h1-4,7-8,11,13,16-17H,5-6,9-10H2,(H2,28,35,36)(H,29,30,31)/t13-,16+,17-/m1/s1. The quantitative estimate of drug-likeness (QED) is 0.292. The highest BCUT2D eigenvalue weighted by atomic mass is 35.5. The van der Waals surface area contributed by atoms with Gasteiger partial charge >= 0.3 is 16.5 Å². The van der Waals surface area contributed by atoms with Crippen molar-refractivity contribution < 1.29 is 35.0 Å². The molecule has 16 heteroatoms. The third-order valence-corrected chi connectivity index (χ3v) is 6.55. The lowest BCUT2D eigenvalue weighted by Gasteiger charge is -2.17. The van der Waals surface area contributed by atoms with Gasteiger partial charge in [0.25, 0.3) is 0 Å². The van der Waals surface area contributed by atoms with Crippen molar-refractivity contribution >= 4 is 33.5 Å². The van der Waals surface area contributed by atoms with E-state index in [-0.39, 0.29) is 37.4 Å². The van der Waals surface area contributed by atoms with Crippen LogP contribution >= 0.6 is 11.6 Å². The van der Waals surface area contributed by atoms with Gasteiger partial charge in [0, 0.05) is 17.3 Å². The van der Waals surface area contributed by atoms with Gasteiger partial charge in [-0.3, -0.25) is 13.7 Å². The summed E-state index contributed by atoms with van der Waals surface area (Å²) in [6.45, 7) is -0.621. The number of carbonyl (C=O) groups excluding carboxylic acids is 1. The van der Waals surface area contributed by atoms with Gasteiger partial charge in [-0.1, -0.05) is 23.7 Å². The zero-order valence-electron chi connectivity index (χ0n) is 19.4. The van der Waals surface area contributed by atoms with Gasteiger partial charge in [0.05, 0.1) is 24.8 Å². The van der Waals surface area contributed by atoms with Gasteiger partial charge in [0.2, 0.25) is 5.78 Å². The molecule has 4 rings (SSSR count). The summed E-state index contributed by atoms with van der Waals surface area (Å²) in [4.78, 5) is 21.0. The van der Waals surface area contributed by atoms with Crippen molar-refractivity contribution in [3.05, 3.63) is 70.4 Å². The number of hydrogen-bond acceptors (Lipinski definition) is 8. The normalized spacial score (nSPS) is 20.0. The predicted molar refractivity (Wildman–Crippen MR) is 127 cm³/mol. The number of ketones is 1. The highest BCUT2D eigenvalue weighted by Crippen LogP contribution is 2.33. The van der Waals surface area contributed by atoms with Crippen LogP contribution in [0.3, 0.4) is 0 Å². The first kappa shape index (κ1) is 27.9. The highest BCUT2D eigenvalue weighted by molar-refractivity contribution is 7.84. The minimum Gasteiger partial charge on any atom is -0.364 e. The zero-order chi connectivity index (χ0) is 27.7. The van der Waals surface area contributed by atoms with Crippen LogP contribution in [0, 0.1) is 5.92 Å². The van der Waals surface area contributed by atoms with Crippen molar-refractivity contribution in [2.24, 2.45) is 11.1 Å². The maximum absolute atomic E-state index is 14.6. The fourth-order valence-electron chi connectivity index (χ4n) is 4.17. The third kappa shape index (κ3) is 6.83. The van der Waals surface area contributed by atoms with Gasteiger partial charge in [-0.05, 0) is 36.5 Å². The summed E-state index contributed by atoms with van der Waals surface area (Å²) in [5.74, 6) is -1.51. The Morgan fingerprint density at radius 3 is 2.71 bits per heavy atom. The van der Waals surface area contributed by atoms with E-state index in [1.807, 2.05) is 0 Å². The lowest BCUT2D eigenvalue weighted by atomic mass is 10.1. The van der Waals surface area contributed by atoms with Crippen LogP contribution in [0.1, 0.15) is 40.2 Å². The van der Waals surface area contributed by atoms with Gasteiger partial charge in [-0.2, -0.15) is 26.7 Å². The van der Waals surface area contributed by atoms with E-state index >= 15 is 0 Å². The molecular formula is C22H21ClF4N6O4S. The molecule has 10 nitrogen and oxygen atoms in total. The van der Waals surface area contributed by atoms with E-state index in [9.17, 15) is 30.8 Å². The molecule has 0 bridgehead atoms. The molecule has 1 aromatic carbocycles. The van der Waals surface area contributed by atoms with E-state index in [2.05, 4.69) is 24.6 Å². The predicted octanol–water partition coefficient (Wildman–Crippen LogP) is 3.37. The minimum absolute atomic E-state index is 0.0373. The summed E-state index contributed by atoms with van der Waals surface area (Å²) < 4.78 is 83.1. The molecule has 38 heavy (non-hydrogen) atoms. The second kappa shape index (κ2) is 10.9. The molecule has 0 radical (unpaired) electrons. The van der Waals surface area contributed by atoms with Gasteiger partial charge < -0.3 is 5.32 Å². The summed E-state index contributed by atoms with van der Waals surface area (Å²) in [6, 6.07) is 5.94. The van der Waals surface area contributed by atoms with Crippen LogP contribution in [-0.4, -0.2) is 52.8 Å². The van der Waals surface area contributed by atoms with Crippen molar-refractivity contribution in [1.29, 1.82) is 0 Å². The highest BCUT2D eigenvalue weighted by Gasteiger charge is 2.38. The molecule has 3 atom stereocenters. The number of nitrogens with two attached hydrogens (primary N) is 1. The second-order valence-corrected chi connectivity index (χ2v) is 10.4. The fourth-order valence-corrected chi connectivity index (χ4v) is 4.77. The first-order valence-corrected chi connectivity index (χ1v) is 13.0. The van der Waals surface area contributed by atoms with Crippen molar-refractivity contribution in [1.82, 2.24) is 19.7 Å². The number of benzene rings is 1. The van der Waals surface area contributed by atoms with Gasteiger partial charge in [0.1, 0.15) is 29.7 Å². The van der Waals surface area contributed by atoms with Crippen molar-refractivity contribution in [2.45, 2.75) is 37.8 Å². The van der Waals surface area contributed by atoms with Crippen LogP contribution in [0.5, 0.6) is 0 Å². The van der Waals surface area contributed by atoms with Crippen molar-refractivity contribution in [3.63, 3.8) is 0 Å². The average Bonchev–Trinajstić information content (AvgIpc) is 3.41. The molecule has 2 aromatic heterocycles. The summed E-state index contributed by atoms with van der Waals surface area (Å²) in [7, 11) is -4.19. The monoisotopic (exact) mass is 576 g/mol. The van der Waals surface area contributed by atoms with Crippen molar-refractivity contribution in [2.75, 3.05) is 11.9 Å². The SMILES string of the molecule is NS(=O)(=O)OC[C@@H]1C[C@H](F)[C@H](Nc2ncncc2C(=O)c2cc(C(F)(F)F)n(Cc3cccc(Cl)c3)n2)C1. The number of nitrogens with zero attached hydrogens (tertiary/aromatic N) is 4. The third-order valence-electron chi connectivity index (χ3n) is 5.85. The summed E-state index contributed by atoms with van der Waals surface area (Å²) in [5, 5.41) is 11.8. The topological polar surface area (TPSA) is 142 Å². The first-order valence-electron chi connectivity index (χ1n) is 11.1. The molecule has 1 aliphatic rings. The number of halogens is 5. The van der Waals surface area contributed by atoms with Gasteiger partial charge in [0.15, 0.2) is 0 Å². The molecule has 204 valence electrons. The van der Waals surface area contributed by atoms with E-state index in [0.29, 0.717) is 21.3 Å². The summed E-state index contributed by atoms with van der Waals surface area (Å²) in [5.41, 5.74) is -1.44. The van der Waals surface area contributed by atoms with Gasteiger partial charge in [-0.15, -0.1) is 0 Å². The number of aromatic nitrogens is 4. The lowest BCUT2D eigenvalue weighted by molar-refractivity contribution is -0.144. The minimum atomic E-state index is -4.81. The molecule has 0 aliphatic heterocycles. The fraction of sp³-hybridized carbons (Fsp3) is 0.364. The Kier molecular flexibility index (Phi) is 8.01. The Bertz CT molecular complexity index is 1440. The van der Waals surface area contributed by atoms with Crippen molar-refractivity contribution in [3.8, 4) is 0 Å². The first-order chi connectivity index (χ1) is 17.8. The summed E-state index contributed by atoms with van der Waals surface area (Å²) >= 11 is 5.93. The van der Waals surface area contributed by atoms with Crippen LogP contribution in [0.25, 0.3) is 0 Å². The molecule has 1 fully saturated rings. The Morgan fingerprint density at radius 1 is 1.26 bits per heavy atom. The lowest BCUT2D eigenvalue weighted by Crippen LogP contribution is -2.27. The Morgan fingerprint density at radius 2 is 2.03 bits per heavy atom. The van der Waals surface area contributed by atoms with E-state index in [1.165, 1.54) is 6.07 Å². The van der Waals surface area contributed by atoms with Crippen LogP contribution < -0.4 is 10.5 Å². The molecule has 0 spiro atoms. The van der Waals surface area contributed by atoms with E-state index < -0.39 is 51.8 Å². The Balaban J connectivity index is 1.57. The number of anilines is 1. The van der Waals surface area contributed by atoms with Crippen LogP contribution in [0.4, 0.5) is 23.4 Å². The Labute approximate surface area is 219 Å². The Hall–Kier alpha value is -3.14. The maximum Gasteiger partial charge on any atom is 0.433 e. The molecule has 1 saturated carbocycles. The zero-order valence-corrected chi connectivity index (χ0v) is 21.0. The van der Waals surface area contributed by atoms with Crippen LogP contribution in [-0.2, 0) is 27.2 Å². The maximum atomic E-state index is 14.6. The molecule has 0 amide bonds.